The number of hydrogen-bond acceptors (Lipinski definition) is 4. The number of fused-ring (bicyclic) bond motifs is 1. The fourth-order valence-electron chi connectivity index (χ4n) is 1.67. The van der Waals surface area contributed by atoms with E-state index in [4.69, 9.17) is 16.0 Å². The third-order valence-corrected chi connectivity index (χ3v) is 2.64. The molecule has 3 aromatic heterocycles. The molecule has 3 aromatic rings. The molecule has 0 saturated carbocycles. The first-order valence-corrected chi connectivity index (χ1v) is 5.22. The highest BCUT2D eigenvalue weighted by atomic mass is 35.5. The van der Waals surface area contributed by atoms with Gasteiger partial charge in [-0.3, -0.25) is 4.40 Å². The Morgan fingerprint density at radius 1 is 1.41 bits per heavy atom. The quantitative estimate of drug-likeness (QED) is 0.650. The second kappa shape index (κ2) is 3.71. The van der Waals surface area contributed by atoms with Gasteiger partial charge in [0.2, 0.25) is 5.82 Å². The molecular weight excluding hydrogens is 242 g/mol. The van der Waals surface area contributed by atoms with E-state index in [1.54, 1.807) is 34.9 Å². The highest BCUT2D eigenvalue weighted by Crippen LogP contribution is 2.31. The van der Waals surface area contributed by atoms with Crippen molar-refractivity contribution in [1.82, 2.24) is 9.38 Å². The maximum absolute atomic E-state index is 10.9. The van der Waals surface area contributed by atoms with Crippen LogP contribution in [-0.2, 0) is 0 Å². The summed E-state index contributed by atoms with van der Waals surface area (Å²) in [5.41, 5.74) is 0.964. The van der Waals surface area contributed by atoms with Gasteiger partial charge in [-0.2, -0.15) is 0 Å². The van der Waals surface area contributed by atoms with Crippen molar-refractivity contribution in [3.8, 4) is 11.5 Å². The average molecular weight is 248 g/mol. The molecule has 0 aliphatic rings. The number of imidazole rings is 1. The fourth-order valence-corrected chi connectivity index (χ4v) is 1.83. The SMILES string of the molecule is O=Nc1c(-c2ccco2)nc2cc(Cl)ccn12. The molecule has 17 heavy (non-hydrogen) atoms. The van der Waals surface area contributed by atoms with Crippen LogP contribution >= 0.6 is 11.6 Å². The molecule has 3 rings (SSSR count). The van der Waals surface area contributed by atoms with E-state index < -0.39 is 0 Å². The molecule has 5 nitrogen and oxygen atoms in total. The van der Waals surface area contributed by atoms with E-state index in [0.717, 1.165) is 0 Å². The summed E-state index contributed by atoms with van der Waals surface area (Å²) in [5.74, 6) is 0.700. The number of nitroso groups, excluding NO2 is 1. The van der Waals surface area contributed by atoms with Crippen molar-refractivity contribution in [2.24, 2.45) is 5.18 Å². The fraction of sp³-hybridized carbons (Fsp3) is 0. The van der Waals surface area contributed by atoms with Crippen LogP contribution in [0.4, 0.5) is 5.82 Å². The van der Waals surface area contributed by atoms with Crippen molar-refractivity contribution in [2.45, 2.75) is 0 Å². The monoisotopic (exact) mass is 247 g/mol. The van der Waals surface area contributed by atoms with Crippen LogP contribution in [0.3, 0.4) is 0 Å². The molecule has 0 saturated heterocycles. The molecule has 0 aliphatic carbocycles. The van der Waals surface area contributed by atoms with Crippen molar-refractivity contribution >= 4 is 23.1 Å². The molecule has 0 bridgehead atoms. The molecule has 0 N–H and O–H groups in total. The van der Waals surface area contributed by atoms with Gasteiger partial charge < -0.3 is 4.42 Å². The Labute approximate surface area is 101 Å². The van der Waals surface area contributed by atoms with E-state index in [2.05, 4.69) is 10.2 Å². The first-order valence-electron chi connectivity index (χ1n) is 4.84. The van der Waals surface area contributed by atoms with Gasteiger partial charge in [0.25, 0.3) is 0 Å². The van der Waals surface area contributed by atoms with Crippen molar-refractivity contribution in [2.75, 3.05) is 0 Å². The largest absolute Gasteiger partial charge is 0.463 e. The lowest BCUT2D eigenvalue weighted by Gasteiger charge is -1.94. The number of rotatable bonds is 2. The topological polar surface area (TPSA) is 59.9 Å². The van der Waals surface area contributed by atoms with Crippen LogP contribution in [0.5, 0.6) is 0 Å². The third kappa shape index (κ3) is 1.52. The number of pyridine rings is 1. The first kappa shape index (κ1) is 10.0. The summed E-state index contributed by atoms with van der Waals surface area (Å²) in [6.45, 7) is 0. The van der Waals surface area contributed by atoms with Gasteiger partial charge >= 0.3 is 0 Å². The summed E-state index contributed by atoms with van der Waals surface area (Å²) in [4.78, 5) is 15.2. The molecule has 0 aromatic carbocycles. The van der Waals surface area contributed by atoms with E-state index >= 15 is 0 Å². The normalized spacial score (nSPS) is 10.9. The van der Waals surface area contributed by atoms with E-state index in [1.807, 2.05) is 0 Å². The van der Waals surface area contributed by atoms with Gasteiger partial charge in [0.15, 0.2) is 11.5 Å². The summed E-state index contributed by atoms with van der Waals surface area (Å²) < 4.78 is 6.78. The minimum Gasteiger partial charge on any atom is -0.463 e. The Morgan fingerprint density at radius 2 is 2.29 bits per heavy atom. The van der Waals surface area contributed by atoms with Crippen LogP contribution in [0, 0.1) is 4.91 Å². The smallest absolute Gasteiger partial charge is 0.212 e. The van der Waals surface area contributed by atoms with E-state index in [1.165, 1.54) is 6.26 Å². The minimum atomic E-state index is 0.201. The Balaban J connectivity index is 2.35. The number of nitrogens with zero attached hydrogens (tertiary/aromatic N) is 3. The Bertz CT molecular complexity index is 688. The number of halogens is 1. The lowest BCUT2D eigenvalue weighted by atomic mass is 10.3. The van der Waals surface area contributed by atoms with Crippen molar-refractivity contribution in [3.63, 3.8) is 0 Å². The predicted molar refractivity (Wildman–Crippen MR) is 63.4 cm³/mol. The molecule has 0 atom stereocenters. The molecule has 0 amide bonds. The van der Waals surface area contributed by atoms with E-state index in [9.17, 15) is 4.91 Å². The predicted octanol–water partition coefficient (Wildman–Crippen LogP) is 3.65. The molecule has 84 valence electrons. The average Bonchev–Trinajstić information content (AvgIpc) is 2.94. The van der Waals surface area contributed by atoms with Crippen molar-refractivity contribution in [1.29, 1.82) is 0 Å². The first-order chi connectivity index (χ1) is 8.29. The summed E-state index contributed by atoms with van der Waals surface area (Å²) in [5, 5.41) is 3.54. The second-order valence-corrected chi connectivity index (χ2v) is 3.86. The number of furan rings is 1. The summed E-state index contributed by atoms with van der Waals surface area (Å²) in [6, 6.07) is 6.76. The van der Waals surface area contributed by atoms with Gasteiger partial charge in [-0.1, -0.05) is 11.6 Å². The third-order valence-electron chi connectivity index (χ3n) is 2.40. The van der Waals surface area contributed by atoms with Gasteiger partial charge in [0.1, 0.15) is 5.65 Å². The zero-order valence-corrected chi connectivity index (χ0v) is 9.26. The van der Waals surface area contributed by atoms with Gasteiger partial charge in [-0.05, 0) is 23.4 Å². The molecular formula is C11H6ClN3O2. The zero-order chi connectivity index (χ0) is 11.8. The van der Waals surface area contributed by atoms with Crippen LogP contribution in [0.25, 0.3) is 17.1 Å². The van der Waals surface area contributed by atoms with Gasteiger partial charge in [0, 0.05) is 17.3 Å². The van der Waals surface area contributed by atoms with Crippen LogP contribution in [0.15, 0.2) is 46.3 Å². The van der Waals surface area contributed by atoms with E-state index in [-0.39, 0.29) is 5.82 Å². The molecule has 6 heteroatoms. The molecule has 0 spiro atoms. The molecule has 3 heterocycles. The Kier molecular flexibility index (Phi) is 2.19. The van der Waals surface area contributed by atoms with Gasteiger partial charge in [0.05, 0.1) is 6.26 Å². The zero-order valence-electron chi connectivity index (χ0n) is 8.50. The maximum atomic E-state index is 10.9. The van der Waals surface area contributed by atoms with Crippen molar-refractivity contribution < 1.29 is 4.42 Å². The number of hydrogen-bond donors (Lipinski definition) is 0. The summed E-state index contributed by atoms with van der Waals surface area (Å²) >= 11 is 5.86. The van der Waals surface area contributed by atoms with Gasteiger partial charge in [-0.15, -0.1) is 4.91 Å². The number of aromatic nitrogens is 2. The van der Waals surface area contributed by atoms with Crippen LogP contribution in [-0.4, -0.2) is 9.38 Å². The molecule has 0 radical (unpaired) electrons. The van der Waals surface area contributed by atoms with E-state index in [0.29, 0.717) is 22.1 Å². The van der Waals surface area contributed by atoms with Crippen LogP contribution in [0.2, 0.25) is 5.02 Å². The minimum absolute atomic E-state index is 0.201. The molecule has 0 aliphatic heterocycles. The highest BCUT2D eigenvalue weighted by Gasteiger charge is 2.16. The van der Waals surface area contributed by atoms with Crippen LogP contribution in [0.1, 0.15) is 0 Å². The maximum Gasteiger partial charge on any atom is 0.212 e. The van der Waals surface area contributed by atoms with Gasteiger partial charge in [-0.25, -0.2) is 4.98 Å². The highest BCUT2D eigenvalue weighted by molar-refractivity contribution is 6.30. The Hall–Kier alpha value is -2.14. The lowest BCUT2D eigenvalue weighted by Crippen LogP contribution is -1.81. The second-order valence-electron chi connectivity index (χ2n) is 3.43. The summed E-state index contributed by atoms with van der Waals surface area (Å²) in [7, 11) is 0. The molecule has 0 unspecified atom stereocenters. The van der Waals surface area contributed by atoms with Crippen LogP contribution < -0.4 is 0 Å². The molecule has 0 fully saturated rings. The Morgan fingerprint density at radius 3 is 3.00 bits per heavy atom. The lowest BCUT2D eigenvalue weighted by molar-refractivity contribution is 0.580. The standard InChI is InChI=1S/C11H6ClN3O2/c12-7-3-4-15-9(6-7)13-10(11(15)14-16)8-2-1-5-17-8/h1-6H. The summed E-state index contributed by atoms with van der Waals surface area (Å²) in [6.07, 6.45) is 3.16. The van der Waals surface area contributed by atoms with Crippen molar-refractivity contribution in [3.05, 3.63) is 46.7 Å².